The summed E-state index contributed by atoms with van der Waals surface area (Å²) in [6.07, 6.45) is -6.20. The van der Waals surface area contributed by atoms with E-state index in [1.165, 1.54) is 57.4 Å². The molecule has 4 N–H and O–H groups in total. The Balaban J connectivity index is 2.07. The second-order valence-corrected chi connectivity index (χ2v) is 11.9. The SMILES string of the molecule is COc1ccc(C(=O)NCC(O)(c2cc(C(C)(C)NC(=O)OC(C)(C)C)cc(-c3ccc(F)cc3)n2)C(F)(F)F)cc1OCCO. The van der Waals surface area contributed by atoms with E-state index in [1.54, 1.807) is 20.8 Å². The Labute approximate surface area is 263 Å². The van der Waals surface area contributed by atoms with Crippen molar-refractivity contribution >= 4 is 12.0 Å². The van der Waals surface area contributed by atoms with E-state index >= 15 is 0 Å². The van der Waals surface area contributed by atoms with Gasteiger partial charge in [0.05, 0.1) is 37.2 Å². The Morgan fingerprint density at radius 2 is 1.59 bits per heavy atom. The number of hydrogen-bond donors (Lipinski definition) is 4. The minimum atomic E-state index is -5.36. The number of aromatic nitrogens is 1. The maximum absolute atomic E-state index is 14.7. The highest BCUT2D eigenvalue weighted by atomic mass is 19.4. The van der Waals surface area contributed by atoms with Crippen LogP contribution in [-0.4, -0.2) is 65.8 Å². The number of rotatable bonds is 11. The summed E-state index contributed by atoms with van der Waals surface area (Å²) in [7, 11) is 1.34. The largest absolute Gasteiger partial charge is 0.493 e. The number of benzene rings is 2. The number of halogens is 4. The molecule has 2 aromatic carbocycles. The van der Waals surface area contributed by atoms with Crippen molar-refractivity contribution in [2.24, 2.45) is 0 Å². The standard InChI is InChI=1S/C32H37F4N3O7/c1-29(2,3)46-28(42)39-30(4,5)21-16-23(19-7-10-22(33)11-8-19)38-26(17-21)31(43,32(34,35)36)18-37-27(41)20-9-12-24(44-6)25(15-20)45-14-13-40/h7-12,15-17,40,43H,13-14,18H2,1-6H3,(H,37,41)(H,39,42). The summed E-state index contributed by atoms with van der Waals surface area (Å²) in [5.74, 6) is -1.30. The van der Waals surface area contributed by atoms with Gasteiger partial charge in [0.25, 0.3) is 5.91 Å². The number of nitrogens with zero attached hydrogens (tertiary/aromatic N) is 1. The van der Waals surface area contributed by atoms with E-state index < -0.39 is 53.0 Å². The maximum atomic E-state index is 14.7. The van der Waals surface area contributed by atoms with Gasteiger partial charge in [-0.05, 0) is 94.8 Å². The summed E-state index contributed by atoms with van der Waals surface area (Å²) in [5, 5.41) is 25.1. The van der Waals surface area contributed by atoms with Crippen LogP contribution in [0.5, 0.6) is 11.5 Å². The third kappa shape index (κ3) is 8.85. The van der Waals surface area contributed by atoms with Crippen LogP contribution < -0.4 is 20.1 Å². The Morgan fingerprint density at radius 1 is 0.935 bits per heavy atom. The molecule has 0 aliphatic carbocycles. The molecule has 3 aromatic rings. The van der Waals surface area contributed by atoms with Gasteiger partial charge in [-0.1, -0.05) is 0 Å². The van der Waals surface area contributed by atoms with Crippen LogP contribution in [0.4, 0.5) is 22.4 Å². The first-order valence-electron chi connectivity index (χ1n) is 14.1. The molecule has 1 aromatic heterocycles. The second-order valence-electron chi connectivity index (χ2n) is 11.9. The molecule has 0 spiro atoms. The third-order valence-electron chi connectivity index (χ3n) is 6.67. The molecule has 1 atom stereocenters. The minimum absolute atomic E-state index is 0.0632. The highest BCUT2D eigenvalue weighted by Gasteiger charge is 2.56. The summed E-state index contributed by atoms with van der Waals surface area (Å²) < 4.78 is 73.6. The number of aliphatic hydroxyl groups excluding tert-OH is 1. The number of methoxy groups -OCH3 is 1. The lowest BCUT2D eigenvalue weighted by Gasteiger charge is -2.33. The zero-order chi connectivity index (χ0) is 34.5. The summed E-state index contributed by atoms with van der Waals surface area (Å²) in [4.78, 5) is 29.7. The molecule has 0 saturated heterocycles. The van der Waals surface area contributed by atoms with E-state index in [1.807, 2.05) is 0 Å². The number of aliphatic hydroxyl groups is 2. The van der Waals surface area contributed by atoms with E-state index in [9.17, 15) is 32.3 Å². The first-order valence-corrected chi connectivity index (χ1v) is 14.1. The van der Waals surface area contributed by atoms with Gasteiger partial charge in [-0.2, -0.15) is 13.2 Å². The van der Waals surface area contributed by atoms with Crippen molar-refractivity contribution in [1.82, 2.24) is 15.6 Å². The third-order valence-corrected chi connectivity index (χ3v) is 6.67. The lowest BCUT2D eigenvalue weighted by Crippen LogP contribution is -2.52. The van der Waals surface area contributed by atoms with Gasteiger partial charge in [-0.3, -0.25) is 4.79 Å². The van der Waals surface area contributed by atoms with Crippen molar-refractivity contribution in [2.45, 2.75) is 57.5 Å². The molecule has 0 aliphatic rings. The fraction of sp³-hybridized carbons (Fsp3) is 0.406. The van der Waals surface area contributed by atoms with Crippen LogP contribution in [0, 0.1) is 5.82 Å². The van der Waals surface area contributed by atoms with Crippen LogP contribution >= 0.6 is 0 Å². The van der Waals surface area contributed by atoms with Gasteiger partial charge in [-0.15, -0.1) is 0 Å². The normalized spacial score (nSPS) is 13.4. The van der Waals surface area contributed by atoms with E-state index in [2.05, 4.69) is 15.6 Å². The molecule has 1 unspecified atom stereocenters. The first kappa shape index (κ1) is 36.0. The molecule has 250 valence electrons. The number of carbonyl (C=O) groups is 2. The van der Waals surface area contributed by atoms with E-state index in [0.29, 0.717) is 0 Å². The fourth-order valence-corrected chi connectivity index (χ4v) is 4.24. The fourth-order valence-electron chi connectivity index (χ4n) is 4.24. The van der Waals surface area contributed by atoms with Gasteiger partial charge < -0.3 is 35.1 Å². The second kappa shape index (κ2) is 13.9. The zero-order valence-corrected chi connectivity index (χ0v) is 26.2. The number of pyridine rings is 1. The molecule has 14 heteroatoms. The molecule has 0 aliphatic heterocycles. The van der Waals surface area contributed by atoms with Crippen molar-refractivity contribution in [3.8, 4) is 22.8 Å². The lowest BCUT2D eigenvalue weighted by atomic mass is 9.88. The van der Waals surface area contributed by atoms with Crippen LogP contribution in [0.25, 0.3) is 11.3 Å². The van der Waals surface area contributed by atoms with Crippen LogP contribution in [0.3, 0.4) is 0 Å². The smallest absolute Gasteiger partial charge is 0.424 e. The zero-order valence-electron chi connectivity index (χ0n) is 26.2. The molecule has 1 heterocycles. The van der Waals surface area contributed by atoms with Gasteiger partial charge in [0.15, 0.2) is 11.5 Å². The van der Waals surface area contributed by atoms with Crippen molar-refractivity contribution in [3.63, 3.8) is 0 Å². The molecule has 10 nitrogen and oxygen atoms in total. The van der Waals surface area contributed by atoms with E-state index in [-0.39, 0.29) is 47.1 Å². The van der Waals surface area contributed by atoms with Gasteiger partial charge in [0.2, 0.25) is 5.60 Å². The van der Waals surface area contributed by atoms with Gasteiger partial charge in [0, 0.05) is 11.1 Å². The van der Waals surface area contributed by atoms with Crippen molar-refractivity contribution in [1.29, 1.82) is 0 Å². The summed E-state index contributed by atoms with van der Waals surface area (Å²) in [5.41, 5.74) is -6.71. The summed E-state index contributed by atoms with van der Waals surface area (Å²) >= 11 is 0. The number of alkyl carbamates (subject to hydrolysis) is 1. The number of ether oxygens (including phenoxy) is 3. The van der Waals surface area contributed by atoms with Crippen molar-refractivity contribution in [2.75, 3.05) is 26.9 Å². The van der Waals surface area contributed by atoms with Crippen LogP contribution in [-0.2, 0) is 15.9 Å². The predicted octanol–water partition coefficient (Wildman–Crippen LogP) is 5.21. The summed E-state index contributed by atoms with van der Waals surface area (Å²) in [6.45, 7) is 6.13. The van der Waals surface area contributed by atoms with Crippen LogP contribution in [0.15, 0.2) is 54.6 Å². The highest BCUT2D eigenvalue weighted by Crippen LogP contribution is 2.40. The van der Waals surface area contributed by atoms with E-state index in [0.717, 1.165) is 18.2 Å². The van der Waals surface area contributed by atoms with Gasteiger partial charge in [-0.25, -0.2) is 14.2 Å². The minimum Gasteiger partial charge on any atom is -0.493 e. The number of alkyl halides is 3. The highest BCUT2D eigenvalue weighted by molar-refractivity contribution is 5.95. The number of nitrogens with one attached hydrogen (secondary N) is 2. The molecule has 0 bridgehead atoms. The van der Waals surface area contributed by atoms with Crippen molar-refractivity contribution in [3.05, 3.63) is 77.2 Å². The number of carbonyl (C=O) groups excluding carboxylic acids is 2. The molecule has 0 saturated carbocycles. The Bertz CT molecular complexity index is 1540. The average molecular weight is 652 g/mol. The quantitative estimate of drug-likeness (QED) is 0.208. The maximum Gasteiger partial charge on any atom is 0.424 e. The molecule has 0 radical (unpaired) electrons. The molecule has 3 rings (SSSR count). The molecule has 2 amide bonds. The molecule has 46 heavy (non-hydrogen) atoms. The Hall–Kier alpha value is -4.43. The summed E-state index contributed by atoms with van der Waals surface area (Å²) in [6, 6.07) is 11.0. The van der Waals surface area contributed by atoms with E-state index in [4.69, 9.17) is 19.3 Å². The first-order chi connectivity index (χ1) is 21.3. The number of amides is 2. The molecular formula is C32H37F4N3O7. The molecule has 0 fully saturated rings. The average Bonchev–Trinajstić information content (AvgIpc) is 2.96. The number of hydrogen-bond acceptors (Lipinski definition) is 8. The Morgan fingerprint density at radius 3 is 2.15 bits per heavy atom. The monoisotopic (exact) mass is 651 g/mol. The van der Waals surface area contributed by atoms with Crippen LogP contribution in [0.1, 0.15) is 56.2 Å². The Kier molecular flexibility index (Phi) is 10.9. The van der Waals surface area contributed by atoms with Crippen LogP contribution in [0.2, 0.25) is 0 Å². The topological polar surface area (TPSA) is 139 Å². The van der Waals surface area contributed by atoms with Gasteiger partial charge >= 0.3 is 12.3 Å². The predicted molar refractivity (Wildman–Crippen MR) is 160 cm³/mol. The van der Waals surface area contributed by atoms with Crippen molar-refractivity contribution < 1.29 is 51.6 Å². The van der Waals surface area contributed by atoms with Gasteiger partial charge in [0.1, 0.15) is 18.0 Å². The molecular weight excluding hydrogens is 614 g/mol. The lowest BCUT2D eigenvalue weighted by molar-refractivity contribution is -0.265.